The van der Waals surface area contributed by atoms with E-state index in [-0.39, 0.29) is 0 Å². The van der Waals surface area contributed by atoms with Crippen LogP contribution in [0.3, 0.4) is 0 Å². The van der Waals surface area contributed by atoms with Gasteiger partial charge in [0.15, 0.2) is 0 Å². The third-order valence-corrected chi connectivity index (χ3v) is 4.21. The lowest BCUT2D eigenvalue weighted by Crippen LogP contribution is -2.28. The number of aromatic nitrogens is 1. The molecule has 0 radical (unpaired) electrons. The van der Waals surface area contributed by atoms with Gasteiger partial charge in [0.2, 0.25) is 0 Å². The van der Waals surface area contributed by atoms with Crippen LogP contribution in [0.2, 0.25) is 5.15 Å². The van der Waals surface area contributed by atoms with Crippen molar-refractivity contribution in [2.75, 3.05) is 11.9 Å². The Morgan fingerprint density at radius 3 is 2.76 bits per heavy atom. The molecular formula is C17H20ClN3. The number of halogens is 1. The zero-order chi connectivity index (χ0) is 14.7. The molecule has 0 amide bonds. The fourth-order valence-corrected chi connectivity index (χ4v) is 3.10. The summed E-state index contributed by atoms with van der Waals surface area (Å²) >= 11 is 5.93. The molecular weight excluding hydrogens is 282 g/mol. The molecule has 2 aromatic rings. The molecule has 4 heteroatoms. The molecule has 21 heavy (non-hydrogen) atoms. The molecule has 0 bridgehead atoms. The number of pyridine rings is 1. The molecule has 0 spiro atoms. The smallest absolute Gasteiger partial charge is 0.131 e. The van der Waals surface area contributed by atoms with Gasteiger partial charge in [0.1, 0.15) is 11.0 Å². The Bertz CT molecular complexity index is 588. The van der Waals surface area contributed by atoms with Gasteiger partial charge >= 0.3 is 0 Å². The molecule has 0 saturated carbocycles. The summed E-state index contributed by atoms with van der Waals surface area (Å²) in [5, 5.41) is 4.03. The fourth-order valence-electron chi connectivity index (χ4n) is 2.94. The maximum absolute atomic E-state index is 5.93. The van der Waals surface area contributed by atoms with E-state index in [2.05, 4.69) is 52.5 Å². The highest BCUT2D eigenvalue weighted by Crippen LogP contribution is 2.23. The van der Waals surface area contributed by atoms with Crippen LogP contribution in [0.1, 0.15) is 18.9 Å². The third kappa shape index (κ3) is 3.74. The average molecular weight is 302 g/mol. The lowest BCUT2D eigenvalue weighted by molar-refractivity contribution is 0.259. The van der Waals surface area contributed by atoms with E-state index < -0.39 is 0 Å². The van der Waals surface area contributed by atoms with Gasteiger partial charge in [-0.1, -0.05) is 48.0 Å². The van der Waals surface area contributed by atoms with Crippen molar-refractivity contribution in [2.24, 2.45) is 0 Å². The molecule has 2 atom stereocenters. The molecule has 2 heterocycles. The van der Waals surface area contributed by atoms with Gasteiger partial charge in [-0.15, -0.1) is 0 Å². The van der Waals surface area contributed by atoms with E-state index in [0.717, 1.165) is 25.3 Å². The maximum atomic E-state index is 5.93. The van der Waals surface area contributed by atoms with Gasteiger partial charge < -0.3 is 5.32 Å². The van der Waals surface area contributed by atoms with E-state index in [9.17, 15) is 0 Å². The van der Waals surface area contributed by atoms with Crippen LogP contribution in [0.5, 0.6) is 0 Å². The Labute approximate surface area is 131 Å². The van der Waals surface area contributed by atoms with Gasteiger partial charge in [-0.25, -0.2) is 4.98 Å². The molecule has 1 fully saturated rings. The van der Waals surface area contributed by atoms with Gasteiger partial charge in [0.25, 0.3) is 0 Å². The summed E-state index contributed by atoms with van der Waals surface area (Å²) in [4.78, 5) is 6.82. The Morgan fingerprint density at radius 1 is 1.19 bits per heavy atom. The van der Waals surface area contributed by atoms with Crippen molar-refractivity contribution in [2.45, 2.75) is 32.0 Å². The second-order valence-corrected chi connectivity index (χ2v) is 6.07. The van der Waals surface area contributed by atoms with Gasteiger partial charge in [0, 0.05) is 25.2 Å². The van der Waals surface area contributed by atoms with Crippen molar-refractivity contribution in [1.29, 1.82) is 0 Å². The SMILES string of the molecule is CC1CC(Nc2cccc(Cl)n2)CN1Cc1ccccc1. The van der Waals surface area contributed by atoms with E-state index in [1.54, 1.807) is 6.07 Å². The summed E-state index contributed by atoms with van der Waals surface area (Å²) in [6.07, 6.45) is 1.13. The standard InChI is InChI=1S/C17H20ClN3/c1-13-10-15(19-17-9-5-8-16(18)20-17)12-21(13)11-14-6-3-2-4-7-14/h2-9,13,15H,10-12H2,1H3,(H,19,20). The first-order chi connectivity index (χ1) is 10.2. The van der Waals surface area contributed by atoms with Crippen molar-refractivity contribution in [3.8, 4) is 0 Å². The molecule has 110 valence electrons. The minimum absolute atomic E-state index is 0.426. The van der Waals surface area contributed by atoms with Crippen molar-refractivity contribution >= 4 is 17.4 Å². The summed E-state index contributed by atoms with van der Waals surface area (Å²) < 4.78 is 0. The summed E-state index contributed by atoms with van der Waals surface area (Å²) in [7, 11) is 0. The lowest BCUT2D eigenvalue weighted by atomic mass is 10.2. The third-order valence-electron chi connectivity index (χ3n) is 4.00. The van der Waals surface area contributed by atoms with Crippen LogP contribution >= 0.6 is 11.6 Å². The van der Waals surface area contributed by atoms with Crippen molar-refractivity contribution in [1.82, 2.24) is 9.88 Å². The highest BCUT2D eigenvalue weighted by Gasteiger charge is 2.28. The minimum atomic E-state index is 0.426. The van der Waals surface area contributed by atoms with Crippen LogP contribution in [-0.4, -0.2) is 28.5 Å². The first kappa shape index (κ1) is 14.4. The Hall–Kier alpha value is -1.58. The number of benzene rings is 1. The highest BCUT2D eigenvalue weighted by atomic mass is 35.5. The normalized spacial score (nSPS) is 22.4. The van der Waals surface area contributed by atoms with E-state index in [4.69, 9.17) is 11.6 Å². The zero-order valence-corrected chi connectivity index (χ0v) is 12.9. The summed E-state index contributed by atoms with van der Waals surface area (Å²) in [5.41, 5.74) is 1.37. The fraction of sp³-hybridized carbons (Fsp3) is 0.353. The van der Waals surface area contributed by atoms with E-state index >= 15 is 0 Å². The number of nitrogens with zero attached hydrogens (tertiary/aromatic N) is 2. The summed E-state index contributed by atoms with van der Waals surface area (Å²) in [6.45, 7) is 4.32. The molecule has 1 saturated heterocycles. The Balaban J connectivity index is 1.61. The molecule has 0 aliphatic carbocycles. The first-order valence-electron chi connectivity index (χ1n) is 7.38. The minimum Gasteiger partial charge on any atom is -0.366 e. The van der Waals surface area contributed by atoms with Crippen LogP contribution in [0, 0.1) is 0 Å². The van der Waals surface area contributed by atoms with Gasteiger partial charge in [-0.2, -0.15) is 0 Å². The molecule has 1 aliphatic heterocycles. The Morgan fingerprint density at radius 2 is 2.00 bits per heavy atom. The largest absolute Gasteiger partial charge is 0.366 e. The number of anilines is 1. The molecule has 1 N–H and O–H groups in total. The molecule has 3 nitrogen and oxygen atoms in total. The quantitative estimate of drug-likeness (QED) is 0.870. The topological polar surface area (TPSA) is 28.2 Å². The maximum Gasteiger partial charge on any atom is 0.131 e. The molecule has 1 aliphatic rings. The molecule has 1 aromatic carbocycles. The van der Waals surface area contributed by atoms with E-state index in [0.29, 0.717) is 17.2 Å². The van der Waals surface area contributed by atoms with Crippen molar-refractivity contribution < 1.29 is 0 Å². The van der Waals surface area contributed by atoms with Crippen molar-refractivity contribution in [3.05, 3.63) is 59.2 Å². The van der Waals surface area contributed by atoms with Crippen LogP contribution in [0.4, 0.5) is 5.82 Å². The van der Waals surface area contributed by atoms with Gasteiger partial charge in [0.05, 0.1) is 0 Å². The average Bonchev–Trinajstić information content (AvgIpc) is 2.80. The first-order valence-corrected chi connectivity index (χ1v) is 7.75. The Kier molecular flexibility index (Phi) is 4.42. The van der Waals surface area contributed by atoms with E-state index in [1.807, 2.05) is 12.1 Å². The monoisotopic (exact) mass is 301 g/mol. The number of rotatable bonds is 4. The van der Waals surface area contributed by atoms with Crippen LogP contribution in [-0.2, 0) is 6.54 Å². The predicted molar refractivity (Wildman–Crippen MR) is 87.6 cm³/mol. The van der Waals surface area contributed by atoms with Crippen LogP contribution < -0.4 is 5.32 Å². The van der Waals surface area contributed by atoms with Gasteiger partial charge in [-0.05, 0) is 31.0 Å². The summed E-state index contributed by atoms with van der Waals surface area (Å²) in [6, 6.07) is 17.3. The molecule has 1 aromatic heterocycles. The van der Waals surface area contributed by atoms with Crippen molar-refractivity contribution in [3.63, 3.8) is 0 Å². The van der Waals surface area contributed by atoms with Crippen LogP contribution in [0.25, 0.3) is 0 Å². The zero-order valence-electron chi connectivity index (χ0n) is 12.2. The highest BCUT2D eigenvalue weighted by molar-refractivity contribution is 6.29. The number of hydrogen-bond acceptors (Lipinski definition) is 3. The molecule has 2 unspecified atom stereocenters. The van der Waals surface area contributed by atoms with E-state index in [1.165, 1.54) is 5.56 Å². The number of likely N-dealkylation sites (tertiary alicyclic amines) is 1. The summed E-state index contributed by atoms with van der Waals surface area (Å²) in [5.74, 6) is 0.862. The number of hydrogen-bond donors (Lipinski definition) is 1. The predicted octanol–water partition coefficient (Wildman–Crippen LogP) is 3.81. The second kappa shape index (κ2) is 6.46. The lowest BCUT2D eigenvalue weighted by Gasteiger charge is -2.20. The van der Waals surface area contributed by atoms with Gasteiger partial charge in [-0.3, -0.25) is 4.90 Å². The second-order valence-electron chi connectivity index (χ2n) is 5.69. The molecule has 3 rings (SSSR count). The van der Waals surface area contributed by atoms with Crippen LogP contribution in [0.15, 0.2) is 48.5 Å². The number of nitrogens with one attached hydrogen (secondary N) is 1.